The predicted molar refractivity (Wildman–Crippen MR) is 152 cm³/mol. The molecule has 0 spiro atoms. The van der Waals surface area contributed by atoms with Crippen LogP contribution in [0.4, 0.5) is 39.0 Å². The molecule has 5 aromatic rings. The number of amides is 3. The van der Waals surface area contributed by atoms with Crippen molar-refractivity contribution < 1.29 is 31.9 Å². The number of carbonyl (C=O) groups is 2. The van der Waals surface area contributed by atoms with Crippen LogP contribution >= 0.6 is 11.3 Å². The van der Waals surface area contributed by atoms with Gasteiger partial charge in [-0.2, -0.15) is 18.3 Å². The van der Waals surface area contributed by atoms with Crippen molar-refractivity contribution in [2.24, 2.45) is 0 Å². The van der Waals surface area contributed by atoms with Crippen molar-refractivity contribution in [2.75, 3.05) is 22.1 Å². The number of anilines is 3. The Bertz CT molecular complexity index is 1810. The minimum atomic E-state index is -4.78. The Labute approximate surface area is 250 Å². The summed E-state index contributed by atoms with van der Waals surface area (Å²) in [6.07, 6.45) is 0.814. The maximum absolute atomic E-state index is 13.3. The Balaban J connectivity index is 1.08. The molecule has 16 heteroatoms. The minimum absolute atomic E-state index is 0.0134. The molecule has 0 bridgehead atoms. The van der Waals surface area contributed by atoms with Gasteiger partial charge in [-0.15, -0.1) is 0 Å². The van der Waals surface area contributed by atoms with E-state index in [1.165, 1.54) is 35.9 Å². The van der Waals surface area contributed by atoms with E-state index in [4.69, 9.17) is 4.74 Å². The molecular formula is C28H20F4N8O3S. The molecule has 4 heterocycles. The van der Waals surface area contributed by atoms with Crippen LogP contribution < -0.4 is 20.3 Å². The zero-order valence-corrected chi connectivity index (χ0v) is 23.2. The summed E-state index contributed by atoms with van der Waals surface area (Å²) in [7, 11) is 0. The maximum atomic E-state index is 13.3. The largest absolute Gasteiger partial charge is 0.435 e. The fourth-order valence-corrected chi connectivity index (χ4v) is 5.23. The van der Waals surface area contributed by atoms with Crippen molar-refractivity contribution in [1.82, 2.24) is 24.7 Å². The normalized spacial score (nSPS) is 13.3. The molecule has 1 fully saturated rings. The molecule has 0 unspecified atom stereocenters. The fraction of sp³-hybridized carbons (Fsp3) is 0.143. The van der Waals surface area contributed by atoms with Crippen LogP contribution in [0.3, 0.4) is 0 Å². The van der Waals surface area contributed by atoms with E-state index >= 15 is 0 Å². The summed E-state index contributed by atoms with van der Waals surface area (Å²) in [6.45, 7) is 0.670. The molecule has 1 saturated heterocycles. The predicted octanol–water partition coefficient (Wildman–Crippen LogP) is 6.51. The van der Waals surface area contributed by atoms with Gasteiger partial charge in [0.1, 0.15) is 17.4 Å². The van der Waals surface area contributed by atoms with Crippen molar-refractivity contribution in [1.29, 1.82) is 0 Å². The first-order chi connectivity index (χ1) is 21.1. The van der Waals surface area contributed by atoms with Crippen LogP contribution in [0.5, 0.6) is 11.8 Å². The van der Waals surface area contributed by atoms with E-state index in [0.717, 1.165) is 33.7 Å². The number of nitrogens with one attached hydrogen (secondary N) is 2. The monoisotopic (exact) mass is 624 g/mol. The Morgan fingerprint density at radius 3 is 2.34 bits per heavy atom. The lowest BCUT2D eigenvalue weighted by atomic mass is 10.2. The van der Waals surface area contributed by atoms with Gasteiger partial charge in [-0.25, -0.2) is 28.8 Å². The van der Waals surface area contributed by atoms with Gasteiger partial charge in [0.15, 0.2) is 10.8 Å². The molecule has 224 valence electrons. The van der Waals surface area contributed by atoms with Crippen LogP contribution in [0.2, 0.25) is 0 Å². The molecule has 0 atom stereocenters. The highest BCUT2D eigenvalue weighted by Gasteiger charge is 2.35. The maximum Gasteiger partial charge on any atom is 0.435 e. The van der Waals surface area contributed by atoms with Crippen molar-refractivity contribution in [3.05, 3.63) is 84.7 Å². The SMILES string of the molecule is O=C(Nc1cnc(Oc2ccc(-c3cnc(N4CCCC4=O)s3)cc2)nc1)Nc1cc(C(F)(F)F)nn1-c1ccc(F)cc1. The number of urea groups is 1. The second kappa shape index (κ2) is 11.7. The summed E-state index contributed by atoms with van der Waals surface area (Å²) in [6, 6.07) is 11.4. The molecule has 3 aromatic heterocycles. The Morgan fingerprint density at radius 2 is 1.68 bits per heavy atom. The van der Waals surface area contributed by atoms with Crippen molar-refractivity contribution >= 4 is 39.9 Å². The topological polar surface area (TPSA) is 127 Å². The molecule has 2 aromatic carbocycles. The van der Waals surface area contributed by atoms with Gasteiger partial charge in [-0.1, -0.05) is 11.3 Å². The van der Waals surface area contributed by atoms with Crippen molar-refractivity contribution in [3.8, 4) is 27.9 Å². The van der Waals surface area contributed by atoms with Crippen LogP contribution in [0.15, 0.2) is 73.2 Å². The van der Waals surface area contributed by atoms with E-state index in [1.54, 1.807) is 23.2 Å². The zero-order valence-electron chi connectivity index (χ0n) is 22.4. The highest BCUT2D eigenvalue weighted by Crippen LogP contribution is 2.34. The lowest BCUT2D eigenvalue weighted by Crippen LogP contribution is -2.23. The Morgan fingerprint density at radius 1 is 0.955 bits per heavy atom. The lowest BCUT2D eigenvalue weighted by Gasteiger charge is -2.10. The Hall–Kier alpha value is -5.38. The van der Waals surface area contributed by atoms with Gasteiger partial charge in [-0.3, -0.25) is 15.0 Å². The third kappa shape index (κ3) is 6.34. The van der Waals surface area contributed by atoms with E-state index in [9.17, 15) is 27.2 Å². The average Bonchev–Trinajstić information content (AvgIpc) is 3.75. The first-order valence-electron chi connectivity index (χ1n) is 13.0. The summed E-state index contributed by atoms with van der Waals surface area (Å²) >= 11 is 1.43. The van der Waals surface area contributed by atoms with Crippen molar-refractivity contribution in [2.45, 2.75) is 19.0 Å². The summed E-state index contributed by atoms with van der Waals surface area (Å²) in [5.74, 6) is -0.369. The number of nitrogens with zero attached hydrogens (tertiary/aromatic N) is 6. The second-order valence-electron chi connectivity index (χ2n) is 9.42. The van der Waals surface area contributed by atoms with Gasteiger partial charge >= 0.3 is 18.2 Å². The van der Waals surface area contributed by atoms with Gasteiger partial charge < -0.3 is 10.1 Å². The number of hydrogen-bond donors (Lipinski definition) is 2. The first-order valence-corrected chi connectivity index (χ1v) is 13.8. The average molecular weight is 625 g/mol. The van der Waals surface area contributed by atoms with Gasteiger partial charge in [0.05, 0.1) is 28.6 Å². The molecule has 0 radical (unpaired) electrons. The molecule has 0 saturated carbocycles. The summed E-state index contributed by atoms with van der Waals surface area (Å²) in [5, 5.41) is 8.90. The zero-order chi connectivity index (χ0) is 30.8. The molecule has 6 rings (SSSR count). The second-order valence-corrected chi connectivity index (χ2v) is 10.4. The van der Waals surface area contributed by atoms with E-state index in [0.29, 0.717) is 29.9 Å². The minimum Gasteiger partial charge on any atom is -0.424 e. The summed E-state index contributed by atoms with van der Waals surface area (Å²) < 4.78 is 59.7. The summed E-state index contributed by atoms with van der Waals surface area (Å²) in [4.78, 5) is 39.6. The number of alkyl halides is 3. The van der Waals surface area contributed by atoms with Gasteiger partial charge in [0.25, 0.3) is 0 Å². The quantitative estimate of drug-likeness (QED) is 0.198. The van der Waals surface area contributed by atoms with E-state index in [1.807, 2.05) is 12.1 Å². The molecule has 1 aliphatic rings. The van der Waals surface area contributed by atoms with Crippen LogP contribution in [0.1, 0.15) is 18.5 Å². The van der Waals surface area contributed by atoms with Gasteiger partial charge in [0, 0.05) is 25.2 Å². The van der Waals surface area contributed by atoms with Crippen LogP contribution in [-0.4, -0.2) is 43.2 Å². The van der Waals surface area contributed by atoms with Gasteiger partial charge in [0.2, 0.25) is 5.91 Å². The number of thiazole rings is 1. The number of aromatic nitrogens is 5. The highest BCUT2D eigenvalue weighted by molar-refractivity contribution is 7.19. The highest BCUT2D eigenvalue weighted by atomic mass is 32.1. The molecule has 11 nitrogen and oxygen atoms in total. The number of benzene rings is 2. The third-order valence-corrected chi connectivity index (χ3v) is 7.41. The van der Waals surface area contributed by atoms with Gasteiger partial charge in [-0.05, 0) is 60.5 Å². The first kappa shape index (κ1) is 28.7. The summed E-state index contributed by atoms with van der Waals surface area (Å²) in [5.41, 5.74) is -0.121. The third-order valence-electron chi connectivity index (χ3n) is 6.34. The van der Waals surface area contributed by atoms with Crippen molar-refractivity contribution in [3.63, 3.8) is 0 Å². The molecule has 3 amide bonds. The Kier molecular flexibility index (Phi) is 7.65. The molecule has 1 aliphatic heterocycles. The van der Waals surface area contributed by atoms with E-state index in [-0.39, 0.29) is 29.1 Å². The van der Waals surface area contributed by atoms with E-state index < -0.39 is 23.7 Å². The standard InChI is InChI=1S/C28H20F4N8O3S/c29-17-5-7-19(8-6-17)40-23(12-22(38-40)28(30,31)32)37-25(42)36-18-13-33-26(34-14-18)43-20-9-3-16(4-10-20)21-15-35-27(44-21)39-11-1-2-24(39)41/h3-10,12-15H,1-2,11H2,(H2,36,37,42). The number of hydrogen-bond acceptors (Lipinski definition) is 8. The molecule has 0 aliphatic carbocycles. The number of ether oxygens (including phenoxy) is 1. The fourth-order valence-electron chi connectivity index (χ4n) is 4.27. The number of carbonyl (C=O) groups excluding carboxylic acids is 2. The van der Waals surface area contributed by atoms with Crippen LogP contribution in [0, 0.1) is 5.82 Å². The number of rotatable bonds is 7. The molecule has 44 heavy (non-hydrogen) atoms. The molecular weight excluding hydrogens is 604 g/mol. The van der Waals surface area contributed by atoms with E-state index in [2.05, 4.69) is 30.7 Å². The smallest absolute Gasteiger partial charge is 0.424 e. The van der Waals surface area contributed by atoms with Crippen LogP contribution in [0.25, 0.3) is 16.1 Å². The molecule has 2 N–H and O–H groups in total. The number of halogens is 4. The lowest BCUT2D eigenvalue weighted by molar-refractivity contribution is -0.141. The van der Waals surface area contributed by atoms with Crippen LogP contribution in [-0.2, 0) is 11.0 Å².